The third kappa shape index (κ3) is 4.56. The highest BCUT2D eigenvalue weighted by Gasteiger charge is 2.26. The molecule has 0 saturated heterocycles. The van der Waals surface area contributed by atoms with Gasteiger partial charge in [-0.2, -0.15) is 0 Å². The van der Waals surface area contributed by atoms with E-state index >= 15 is 0 Å². The Morgan fingerprint density at radius 2 is 0.982 bits per heavy atom. The zero-order chi connectivity index (χ0) is 36.7. The van der Waals surface area contributed by atoms with Crippen LogP contribution in [0.2, 0.25) is 0 Å². The van der Waals surface area contributed by atoms with Gasteiger partial charge in [0.1, 0.15) is 0 Å². The maximum atomic E-state index is 5.34. The van der Waals surface area contributed by atoms with Crippen molar-refractivity contribution in [2.24, 2.45) is 4.99 Å². The number of hydrogen-bond acceptors (Lipinski definition) is 2. The summed E-state index contributed by atoms with van der Waals surface area (Å²) in [5, 5.41) is 13.8. The Bertz CT molecular complexity index is 3390. The maximum Gasteiger partial charge on any atom is 0.0947 e. The van der Waals surface area contributed by atoms with Crippen LogP contribution in [0, 0.1) is 0 Å². The van der Waals surface area contributed by atoms with E-state index < -0.39 is 0 Å². The topological polar surface area (TPSA) is 34.2 Å². The predicted octanol–water partition coefficient (Wildman–Crippen LogP) is 13.5. The summed E-state index contributed by atoms with van der Waals surface area (Å²) in [6, 6.07) is 70.2. The van der Waals surface area contributed by atoms with Gasteiger partial charge in [0, 0.05) is 38.5 Å². The number of aromatic nitrogens is 2. The van der Waals surface area contributed by atoms with Crippen LogP contribution in [0.15, 0.2) is 199 Å². The second-order valence-corrected chi connectivity index (χ2v) is 14.8. The van der Waals surface area contributed by atoms with Crippen molar-refractivity contribution in [2.75, 3.05) is 5.32 Å². The molecule has 0 bridgehead atoms. The van der Waals surface area contributed by atoms with E-state index in [1.54, 1.807) is 0 Å². The lowest BCUT2D eigenvalue weighted by Crippen LogP contribution is -2.25. The molecular formula is C52H34N4. The van der Waals surface area contributed by atoms with E-state index in [2.05, 4.69) is 209 Å². The van der Waals surface area contributed by atoms with Crippen molar-refractivity contribution >= 4 is 82.2 Å². The Kier molecular flexibility index (Phi) is 6.66. The third-order valence-electron chi connectivity index (χ3n) is 11.7. The highest BCUT2D eigenvalue weighted by molar-refractivity contribution is 6.28. The lowest BCUT2D eigenvalue weighted by atomic mass is 9.94. The van der Waals surface area contributed by atoms with E-state index in [1.165, 1.54) is 70.7 Å². The molecule has 1 unspecified atom stereocenters. The quantitative estimate of drug-likeness (QED) is 0.193. The number of fused-ring (bicyclic) bond motifs is 11. The van der Waals surface area contributed by atoms with E-state index in [-0.39, 0.29) is 6.04 Å². The summed E-state index contributed by atoms with van der Waals surface area (Å²) in [7, 11) is 0. The summed E-state index contributed by atoms with van der Waals surface area (Å²) < 4.78 is 4.91. The molecule has 1 aliphatic rings. The van der Waals surface area contributed by atoms with Gasteiger partial charge in [0.2, 0.25) is 0 Å². The zero-order valence-electron chi connectivity index (χ0n) is 30.4. The van der Waals surface area contributed by atoms with E-state index in [0.717, 1.165) is 34.0 Å². The Morgan fingerprint density at radius 1 is 0.411 bits per heavy atom. The molecule has 4 nitrogen and oxygen atoms in total. The highest BCUT2D eigenvalue weighted by atomic mass is 15.0. The molecule has 11 aromatic rings. The SMILES string of the molecule is c1ccc(C2Nc3ccccc3N=C2c2cccc(-n3c4cc5c(cc4c4c6ccccc6ccc43)c3c4ccccc4ccc3n5-c3ccccc3)c2)cc1. The predicted molar refractivity (Wildman–Crippen MR) is 236 cm³/mol. The van der Waals surface area contributed by atoms with Crippen molar-refractivity contribution < 1.29 is 0 Å². The third-order valence-corrected chi connectivity index (χ3v) is 11.7. The van der Waals surface area contributed by atoms with Crippen LogP contribution in [-0.2, 0) is 0 Å². The molecule has 0 radical (unpaired) electrons. The first-order valence-corrected chi connectivity index (χ1v) is 19.3. The van der Waals surface area contributed by atoms with Gasteiger partial charge in [0.15, 0.2) is 0 Å². The van der Waals surface area contributed by atoms with Gasteiger partial charge in [-0.25, -0.2) is 4.99 Å². The monoisotopic (exact) mass is 714 g/mol. The van der Waals surface area contributed by atoms with Gasteiger partial charge in [-0.3, -0.25) is 0 Å². The van der Waals surface area contributed by atoms with Crippen molar-refractivity contribution in [1.29, 1.82) is 0 Å². The van der Waals surface area contributed by atoms with Crippen molar-refractivity contribution in [3.63, 3.8) is 0 Å². The number of nitrogens with zero attached hydrogens (tertiary/aromatic N) is 3. The second-order valence-electron chi connectivity index (χ2n) is 14.8. The molecule has 9 aromatic carbocycles. The average molecular weight is 715 g/mol. The molecule has 0 amide bonds. The van der Waals surface area contributed by atoms with Crippen molar-refractivity contribution in [3.05, 3.63) is 205 Å². The number of nitrogens with one attached hydrogen (secondary N) is 1. The van der Waals surface area contributed by atoms with Gasteiger partial charge in [-0.15, -0.1) is 0 Å². The standard InChI is InChI=1S/C52H34N4/c1-3-16-35(17-4-1)51-52(54-44-25-12-11-24-43(44)53-51)36-18-13-21-38(30-36)56-46-29-27-34-15-8-10-23-40(34)50(46)42-31-41-47(32-48(42)56)55(37-19-5-2-6-20-37)45-28-26-33-14-7-9-22-39(33)49(41)45/h1-32,51,53H. The fourth-order valence-corrected chi connectivity index (χ4v) is 9.23. The molecule has 3 heterocycles. The second kappa shape index (κ2) is 12.0. The highest BCUT2D eigenvalue weighted by Crippen LogP contribution is 2.44. The smallest absolute Gasteiger partial charge is 0.0947 e. The summed E-state index contributed by atoms with van der Waals surface area (Å²) in [6.45, 7) is 0. The number of rotatable bonds is 4. The van der Waals surface area contributed by atoms with Crippen molar-refractivity contribution in [1.82, 2.24) is 9.13 Å². The van der Waals surface area contributed by atoms with Crippen molar-refractivity contribution in [3.8, 4) is 11.4 Å². The summed E-state index contributed by atoms with van der Waals surface area (Å²) in [5.74, 6) is 0. The molecule has 1 atom stereocenters. The van der Waals surface area contributed by atoms with Gasteiger partial charge in [-0.1, -0.05) is 133 Å². The van der Waals surface area contributed by atoms with Crippen LogP contribution in [0.1, 0.15) is 17.2 Å². The first-order chi connectivity index (χ1) is 27.8. The van der Waals surface area contributed by atoms with E-state index in [4.69, 9.17) is 4.99 Å². The molecule has 1 aliphatic heterocycles. The van der Waals surface area contributed by atoms with Crippen LogP contribution in [0.3, 0.4) is 0 Å². The van der Waals surface area contributed by atoms with Gasteiger partial charge < -0.3 is 14.5 Å². The Balaban J connectivity index is 1.18. The molecule has 262 valence electrons. The van der Waals surface area contributed by atoms with Gasteiger partial charge in [0.25, 0.3) is 0 Å². The minimum atomic E-state index is -0.0977. The molecular weight excluding hydrogens is 681 g/mol. The van der Waals surface area contributed by atoms with Crippen LogP contribution in [0.4, 0.5) is 11.4 Å². The lowest BCUT2D eigenvalue weighted by Gasteiger charge is -2.28. The van der Waals surface area contributed by atoms with E-state index in [9.17, 15) is 0 Å². The molecule has 0 spiro atoms. The van der Waals surface area contributed by atoms with E-state index in [0.29, 0.717) is 0 Å². The summed E-state index contributed by atoms with van der Waals surface area (Å²) in [6.07, 6.45) is 0. The van der Waals surface area contributed by atoms with Gasteiger partial charge in [0.05, 0.1) is 45.2 Å². The van der Waals surface area contributed by atoms with Gasteiger partial charge >= 0.3 is 0 Å². The molecule has 0 fully saturated rings. The summed E-state index contributed by atoms with van der Waals surface area (Å²) in [4.78, 5) is 5.34. The molecule has 4 heteroatoms. The number of anilines is 1. The molecule has 56 heavy (non-hydrogen) atoms. The average Bonchev–Trinajstić information content (AvgIpc) is 3.78. The Labute approximate surface area is 323 Å². The van der Waals surface area contributed by atoms with E-state index in [1.807, 2.05) is 0 Å². The summed E-state index contributed by atoms with van der Waals surface area (Å²) >= 11 is 0. The van der Waals surface area contributed by atoms with Crippen LogP contribution >= 0.6 is 0 Å². The minimum absolute atomic E-state index is 0.0977. The molecule has 0 aliphatic carbocycles. The first-order valence-electron chi connectivity index (χ1n) is 19.3. The number of benzene rings is 9. The van der Waals surface area contributed by atoms with Crippen LogP contribution in [0.5, 0.6) is 0 Å². The Hall–Kier alpha value is -7.43. The number of aliphatic imine (C=N–C) groups is 1. The van der Waals surface area contributed by atoms with Crippen LogP contribution in [0.25, 0.3) is 76.5 Å². The van der Waals surface area contributed by atoms with Gasteiger partial charge in [-0.05, 0) is 87.8 Å². The number of hydrogen-bond donors (Lipinski definition) is 1. The Morgan fingerprint density at radius 3 is 1.68 bits per heavy atom. The van der Waals surface area contributed by atoms with Crippen molar-refractivity contribution in [2.45, 2.75) is 6.04 Å². The lowest BCUT2D eigenvalue weighted by molar-refractivity contribution is 1.01. The first kappa shape index (κ1) is 31.0. The molecule has 12 rings (SSSR count). The fourth-order valence-electron chi connectivity index (χ4n) is 9.23. The largest absolute Gasteiger partial charge is 0.371 e. The normalized spacial score (nSPS) is 14.1. The van der Waals surface area contributed by atoms with Crippen LogP contribution in [-0.4, -0.2) is 14.8 Å². The molecule has 1 N–H and O–H groups in total. The number of para-hydroxylation sites is 3. The zero-order valence-corrected chi connectivity index (χ0v) is 30.4. The maximum absolute atomic E-state index is 5.34. The van der Waals surface area contributed by atoms with Crippen LogP contribution < -0.4 is 5.32 Å². The minimum Gasteiger partial charge on any atom is -0.371 e. The fraction of sp³-hybridized carbons (Fsp3) is 0.0192. The molecule has 0 saturated carbocycles. The summed E-state index contributed by atoms with van der Waals surface area (Å²) in [5.41, 5.74) is 12.2. The molecule has 2 aromatic heterocycles.